The molecule has 1 aromatic rings. The number of carboxylic acids is 1. The van der Waals surface area contributed by atoms with Crippen LogP contribution in [0.1, 0.15) is 50.5 Å². The van der Waals surface area contributed by atoms with E-state index in [0.717, 1.165) is 31.7 Å². The highest BCUT2D eigenvalue weighted by molar-refractivity contribution is 5.66. The van der Waals surface area contributed by atoms with E-state index in [0.29, 0.717) is 12.5 Å². The van der Waals surface area contributed by atoms with Crippen molar-refractivity contribution in [2.45, 2.75) is 57.4 Å². The molecule has 1 fully saturated rings. The van der Waals surface area contributed by atoms with Crippen molar-refractivity contribution in [3.63, 3.8) is 0 Å². The molecule has 3 nitrogen and oxygen atoms in total. The summed E-state index contributed by atoms with van der Waals surface area (Å²) in [5.74, 6) is 0.0373. The lowest BCUT2D eigenvalue weighted by Gasteiger charge is -2.32. The van der Waals surface area contributed by atoms with Gasteiger partial charge in [0.15, 0.2) is 0 Å². The molecule has 0 spiro atoms. The molecule has 0 heterocycles. The molecular formula is C18H27NO2. The molecule has 1 aliphatic carbocycles. The van der Waals surface area contributed by atoms with Gasteiger partial charge in [-0.3, -0.25) is 4.79 Å². The minimum Gasteiger partial charge on any atom is -0.481 e. The van der Waals surface area contributed by atoms with E-state index in [4.69, 9.17) is 5.11 Å². The third-order valence-electron chi connectivity index (χ3n) is 4.47. The van der Waals surface area contributed by atoms with E-state index in [-0.39, 0.29) is 0 Å². The standard InChI is InChI=1S/C18H27NO2/c20-18(21)12-6-7-13-19-17-11-5-4-10-16(17)14-15-8-2-1-3-9-15/h1-3,8-9,16-17,19H,4-7,10-14H2,(H,20,21). The molecule has 0 amide bonds. The second-order valence-electron chi connectivity index (χ2n) is 6.15. The lowest BCUT2D eigenvalue weighted by molar-refractivity contribution is -0.137. The van der Waals surface area contributed by atoms with Crippen LogP contribution < -0.4 is 5.32 Å². The van der Waals surface area contributed by atoms with E-state index in [1.165, 1.54) is 31.2 Å². The van der Waals surface area contributed by atoms with E-state index >= 15 is 0 Å². The Morgan fingerprint density at radius 1 is 1.14 bits per heavy atom. The quantitative estimate of drug-likeness (QED) is 0.718. The maximum atomic E-state index is 10.5. The maximum Gasteiger partial charge on any atom is 0.303 e. The van der Waals surface area contributed by atoms with Gasteiger partial charge in [-0.05, 0) is 50.1 Å². The topological polar surface area (TPSA) is 49.3 Å². The number of carboxylic acid groups (broad SMARTS) is 1. The summed E-state index contributed by atoms with van der Waals surface area (Å²) in [5.41, 5.74) is 1.43. The fourth-order valence-electron chi connectivity index (χ4n) is 3.33. The van der Waals surface area contributed by atoms with Gasteiger partial charge in [-0.25, -0.2) is 0 Å². The average molecular weight is 289 g/mol. The van der Waals surface area contributed by atoms with Gasteiger partial charge in [0.1, 0.15) is 0 Å². The van der Waals surface area contributed by atoms with E-state index in [2.05, 4.69) is 35.6 Å². The van der Waals surface area contributed by atoms with Crippen LogP contribution >= 0.6 is 0 Å². The number of hydrogen-bond acceptors (Lipinski definition) is 2. The normalized spacial score (nSPS) is 22.1. The average Bonchev–Trinajstić information content (AvgIpc) is 2.49. The summed E-state index contributed by atoms with van der Waals surface area (Å²) in [4.78, 5) is 10.5. The van der Waals surface area contributed by atoms with Gasteiger partial charge in [0.25, 0.3) is 0 Å². The first-order valence-electron chi connectivity index (χ1n) is 8.25. The summed E-state index contributed by atoms with van der Waals surface area (Å²) in [6.07, 6.45) is 8.41. The van der Waals surface area contributed by atoms with Gasteiger partial charge in [0.05, 0.1) is 0 Å². The molecule has 0 bridgehead atoms. The van der Waals surface area contributed by atoms with Crippen LogP contribution in [0.4, 0.5) is 0 Å². The second kappa shape index (κ2) is 8.83. The number of rotatable bonds is 8. The first-order chi connectivity index (χ1) is 10.3. The SMILES string of the molecule is O=C(O)CCCCNC1CCCCC1Cc1ccccc1. The number of aliphatic carboxylic acids is 1. The molecule has 2 N–H and O–H groups in total. The van der Waals surface area contributed by atoms with Crippen LogP contribution in [-0.4, -0.2) is 23.7 Å². The second-order valence-corrected chi connectivity index (χ2v) is 6.15. The Bertz CT molecular complexity index is 418. The number of nitrogens with one attached hydrogen (secondary N) is 1. The van der Waals surface area contributed by atoms with Crippen LogP contribution in [0, 0.1) is 5.92 Å². The van der Waals surface area contributed by atoms with Gasteiger partial charge in [-0.1, -0.05) is 43.2 Å². The van der Waals surface area contributed by atoms with Crippen molar-refractivity contribution in [3.05, 3.63) is 35.9 Å². The molecule has 1 saturated carbocycles. The predicted molar refractivity (Wildman–Crippen MR) is 85.4 cm³/mol. The molecule has 0 aliphatic heterocycles. The van der Waals surface area contributed by atoms with Crippen LogP contribution in [-0.2, 0) is 11.2 Å². The highest BCUT2D eigenvalue weighted by Crippen LogP contribution is 2.27. The van der Waals surface area contributed by atoms with Gasteiger partial charge in [-0.15, -0.1) is 0 Å². The lowest BCUT2D eigenvalue weighted by Crippen LogP contribution is -2.40. The fourth-order valence-corrected chi connectivity index (χ4v) is 3.33. The summed E-state index contributed by atoms with van der Waals surface area (Å²) < 4.78 is 0. The molecule has 21 heavy (non-hydrogen) atoms. The highest BCUT2D eigenvalue weighted by atomic mass is 16.4. The van der Waals surface area contributed by atoms with Crippen LogP contribution in [0.15, 0.2) is 30.3 Å². The van der Waals surface area contributed by atoms with Gasteiger partial charge in [0.2, 0.25) is 0 Å². The molecule has 116 valence electrons. The summed E-state index contributed by atoms with van der Waals surface area (Å²) in [5, 5.41) is 12.3. The summed E-state index contributed by atoms with van der Waals surface area (Å²) in [6.45, 7) is 0.948. The Balaban J connectivity index is 1.75. The number of unbranched alkanes of at least 4 members (excludes halogenated alkanes) is 1. The molecule has 0 aromatic heterocycles. The van der Waals surface area contributed by atoms with Crippen molar-refractivity contribution in [3.8, 4) is 0 Å². The number of carbonyl (C=O) groups is 1. The number of hydrogen-bond donors (Lipinski definition) is 2. The monoisotopic (exact) mass is 289 g/mol. The zero-order valence-electron chi connectivity index (χ0n) is 12.8. The Morgan fingerprint density at radius 3 is 2.67 bits per heavy atom. The third-order valence-corrected chi connectivity index (χ3v) is 4.47. The van der Waals surface area contributed by atoms with Crippen molar-refractivity contribution in [1.29, 1.82) is 0 Å². The highest BCUT2D eigenvalue weighted by Gasteiger charge is 2.24. The van der Waals surface area contributed by atoms with Crippen LogP contribution in [0.5, 0.6) is 0 Å². The van der Waals surface area contributed by atoms with Crippen molar-refractivity contribution in [1.82, 2.24) is 5.32 Å². The Kier molecular flexibility index (Phi) is 6.74. The first-order valence-corrected chi connectivity index (χ1v) is 8.25. The largest absolute Gasteiger partial charge is 0.481 e. The maximum absolute atomic E-state index is 10.5. The van der Waals surface area contributed by atoms with Crippen molar-refractivity contribution in [2.24, 2.45) is 5.92 Å². The minimum absolute atomic E-state index is 0.291. The lowest BCUT2D eigenvalue weighted by atomic mass is 9.80. The molecule has 2 unspecified atom stereocenters. The summed E-state index contributed by atoms with van der Waals surface area (Å²) in [7, 11) is 0. The molecular weight excluding hydrogens is 262 g/mol. The van der Waals surface area contributed by atoms with Crippen molar-refractivity contribution >= 4 is 5.97 Å². The van der Waals surface area contributed by atoms with Crippen molar-refractivity contribution in [2.75, 3.05) is 6.54 Å². The van der Waals surface area contributed by atoms with Crippen molar-refractivity contribution < 1.29 is 9.90 Å². The minimum atomic E-state index is -0.686. The van der Waals surface area contributed by atoms with Crippen LogP contribution in [0.2, 0.25) is 0 Å². The smallest absolute Gasteiger partial charge is 0.303 e. The molecule has 0 saturated heterocycles. The van der Waals surface area contributed by atoms with Gasteiger partial charge >= 0.3 is 5.97 Å². The zero-order chi connectivity index (χ0) is 14.9. The van der Waals surface area contributed by atoms with E-state index in [1.807, 2.05) is 0 Å². The molecule has 0 radical (unpaired) electrons. The van der Waals surface area contributed by atoms with E-state index in [9.17, 15) is 4.79 Å². The third kappa shape index (κ3) is 5.88. The van der Waals surface area contributed by atoms with Crippen LogP contribution in [0.25, 0.3) is 0 Å². The molecule has 2 rings (SSSR count). The van der Waals surface area contributed by atoms with Gasteiger partial charge < -0.3 is 10.4 Å². The Morgan fingerprint density at radius 2 is 1.90 bits per heavy atom. The van der Waals surface area contributed by atoms with E-state index < -0.39 is 5.97 Å². The first kappa shape index (κ1) is 16.0. The van der Waals surface area contributed by atoms with Gasteiger partial charge in [-0.2, -0.15) is 0 Å². The Hall–Kier alpha value is -1.35. The molecule has 1 aliphatic rings. The summed E-state index contributed by atoms with van der Waals surface area (Å²) >= 11 is 0. The predicted octanol–water partition coefficient (Wildman–Crippen LogP) is 3.63. The number of benzene rings is 1. The molecule has 2 atom stereocenters. The Labute approximate surface area is 127 Å². The fraction of sp³-hybridized carbons (Fsp3) is 0.611. The van der Waals surface area contributed by atoms with E-state index in [1.54, 1.807) is 0 Å². The summed E-state index contributed by atoms with van der Waals surface area (Å²) in [6, 6.07) is 11.3. The zero-order valence-corrected chi connectivity index (χ0v) is 12.8. The van der Waals surface area contributed by atoms with Gasteiger partial charge in [0, 0.05) is 12.5 Å². The van der Waals surface area contributed by atoms with Crippen LogP contribution in [0.3, 0.4) is 0 Å². The molecule has 3 heteroatoms. The molecule has 1 aromatic carbocycles.